The van der Waals surface area contributed by atoms with Crippen LogP contribution >= 0.6 is 23.2 Å². The summed E-state index contributed by atoms with van der Waals surface area (Å²) in [6.07, 6.45) is 0.774. The van der Waals surface area contributed by atoms with Gasteiger partial charge in [-0.25, -0.2) is 0 Å². The molecule has 1 saturated heterocycles. The molecule has 8 heteroatoms. The van der Waals surface area contributed by atoms with Crippen LogP contribution in [0.25, 0.3) is 11.0 Å². The molecule has 3 aromatic rings. The minimum atomic E-state index is -0.555. The van der Waals surface area contributed by atoms with Crippen LogP contribution in [0, 0.1) is 0 Å². The Morgan fingerprint density at radius 2 is 1.75 bits per heavy atom. The largest absolute Gasteiger partial charge is 0.450 e. The number of benzene rings is 2. The van der Waals surface area contributed by atoms with Gasteiger partial charge in [0.25, 0.3) is 5.91 Å². The van der Waals surface area contributed by atoms with E-state index >= 15 is 0 Å². The number of hydrogen-bond donors (Lipinski definition) is 0. The zero-order valence-corrected chi connectivity index (χ0v) is 18.9. The van der Waals surface area contributed by atoms with Crippen molar-refractivity contribution in [2.75, 3.05) is 39.4 Å². The highest BCUT2D eigenvalue weighted by molar-refractivity contribution is 6.31. The Hall–Kier alpha value is -2.38. The van der Waals surface area contributed by atoms with Crippen LogP contribution in [0.1, 0.15) is 34.1 Å². The second-order valence-corrected chi connectivity index (χ2v) is 8.95. The van der Waals surface area contributed by atoms with Crippen molar-refractivity contribution in [3.8, 4) is 0 Å². The van der Waals surface area contributed by atoms with Crippen molar-refractivity contribution in [2.45, 2.75) is 12.5 Å². The van der Waals surface area contributed by atoms with E-state index in [0.29, 0.717) is 33.1 Å². The number of fused-ring (bicyclic) bond motifs is 2. The predicted octanol–water partition coefficient (Wildman–Crippen LogP) is 4.37. The third-order valence-electron chi connectivity index (χ3n) is 6.07. The van der Waals surface area contributed by atoms with Crippen molar-refractivity contribution in [3.05, 3.63) is 79.6 Å². The standard InChI is InChI=1S/C24H22Cl2N2O4/c25-16-4-1-3-15(13-16)21-20-22(29)18-14-17(26)5-6-19(18)32-23(20)24(30)28(21)8-2-7-27-9-11-31-12-10-27/h1,3-6,13-14,21H,2,7-12H2/t21-/m0/s1. The van der Waals surface area contributed by atoms with Crippen LogP contribution < -0.4 is 5.43 Å². The Morgan fingerprint density at radius 3 is 2.53 bits per heavy atom. The molecule has 1 amide bonds. The van der Waals surface area contributed by atoms with E-state index in [2.05, 4.69) is 4.90 Å². The number of carbonyl (C=O) groups is 1. The van der Waals surface area contributed by atoms with Gasteiger partial charge in [-0.2, -0.15) is 0 Å². The molecule has 2 aromatic carbocycles. The average molecular weight is 473 g/mol. The van der Waals surface area contributed by atoms with Crippen molar-refractivity contribution >= 4 is 40.1 Å². The number of nitrogens with zero attached hydrogens (tertiary/aromatic N) is 2. The Morgan fingerprint density at radius 1 is 0.969 bits per heavy atom. The maximum absolute atomic E-state index is 13.5. The monoisotopic (exact) mass is 472 g/mol. The summed E-state index contributed by atoms with van der Waals surface area (Å²) < 4.78 is 11.4. The number of hydrogen-bond acceptors (Lipinski definition) is 5. The molecular weight excluding hydrogens is 451 g/mol. The SMILES string of the molecule is O=C1c2oc3ccc(Cl)cc3c(=O)c2[C@H](c2cccc(Cl)c2)N1CCCN1CCOCC1. The van der Waals surface area contributed by atoms with Crippen molar-refractivity contribution in [2.24, 2.45) is 0 Å². The Kier molecular flexibility index (Phi) is 5.95. The summed E-state index contributed by atoms with van der Waals surface area (Å²) in [4.78, 5) is 31.0. The van der Waals surface area contributed by atoms with Gasteiger partial charge >= 0.3 is 0 Å². The zero-order chi connectivity index (χ0) is 22.2. The summed E-state index contributed by atoms with van der Waals surface area (Å²) in [5.41, 5.74) is 1.24. The molecular formula is C24H22Cl2N2O4. The van der Waals surface area contributed by atoms with Crippen molar-refractivity contribution in [1.82, 2.24) is 9.80 Å². The van der Waals surface area contributed by atoms with E-state index in [1.54, 1.807) is 35.2 Å². The summed E-state index contributed by atoms with van der Waals surface area (Å²) in [6.45, 7) is 4.58. The fourth-order valence-corrected chi connectivity index (χ4v) is 4.91. The zero-order valence-electron chi connectivity index (χ0n) is 17.4. The lowest BCUT2D eigenvalue weighted by Crippen LogP contribution is -2.38. The van der Waals surface area contributed by atoms with Gasteiger partial charge in [-0.05, 0) is 42.3 Å². The fraction of sp³-hybridized carbons (Fsp3) is 0.333. The maximum atomic E-state index is 13.5. The van der Waals surface area contributed by atoms with E-state index in [9.17, 15) is 9.59 Å². The number of halogens is 2. The first-order chi connectivity index (χ1) is 15.5. The van der Waals surface area contributed by atoms with E-state index in [4.69, 9.17) is 32.4 Å². The van der Waals surface area contributed by atoms with Gasteiger partial charge in [-0.3, -0.25) is 14.5 Å². The van der Waals surface area contributed by atoms with Gasteiger partial charge in [0.15, 0.2) is 5.43 Å². The van der Waals surface area contributed by atoms with Crippen molar-refractivity contribution in [3.63, 3.8) is 0 Å². The summed E-state index contributed by atoms with van der Waals surface area (Å²) in [5.74, 6) is -0.179. The molecule has 1 aromatic heterocycles. The number of morpholine rings is 1. The molecule has 3 heterocycles. The van der Waals surface area contributed by atoms with Crippen LogP contribution in [-0.4, -0.2) is 55.1 Å². The minimum absolute atomic E-state index is 0.0983. The average Bonchev–Trinajstić information content (AvgIpc) is 3.07. The number of amides is 1. The van der Waals surface area contributed by atoms with Crippen LogP contribution in [0.5, 0.6) is 0 Å². The smallest absolute Gasteiger partial charge is 0.290 e. The minimum Gasteiger partial charge on any atom is -0.450 e. The third kappa shape index (κ3) is 3.92. The van der Waals surface area contributed by atoms with Crippen LogP contribution in [-0.2, 0) is 4.74 Å². The second kappa shape index (κ2) is 8.87. The first-order valence-electron chi connectivity index (χ1n) is 10.7. The fourth-order valence-electron chi connectivity index (χ4n) is 4.54. The molecule has 1 fully saturated rings. The van der Waals surface area contributed by atoms with E-state index < -0.39 is 6.04 Å². The molecule has 0 radical (unpaired) electrons. The molecule has 2 aliphatic rings. The molecule has 5 rings (SSSR count). The van der Waals surface area contributed by atoms with E-state index in [1.165, 1.54) is 0 Å². The predicted molar refractivity (Wildman–Crippen MR) is 124 cm³/mol. The van der Waals surface area contributed by atoms with Crippen molar-refractivity contribution < 1.29 is 13.9 Å². The first-order valence-corrected chi connectivity index (χ1v) is 11.4. The van der Waals surface area contributed by atoms with Crippen LogP contribution in [0.3, 0.4) is 0 Å². The lowest BCUT2D eigenvalue weighted by Gasteiger charge is -2.29. The number of rotatable bonds is 5. The van der Waals surface area contributed by atoms with Gasteiger partial charge in [-0.15, -0.1) is 0 Å². The second-order valence-electron chi connectivity index (χ2n) is 8.08. The molecule has 0 aliphatic carbocycles. The lowest BCUT2D eigenvalue weighted by molar-refractivity contribution is 0.0353. The third-order valence-corrected chi connectivity index (χ3v) is 6.54. The Balaban J connectivity index is 1.54. The molecule has 0 N–H and O–H groups in total. The van der Waals surface area contributed by atoms with Gasteiger partial charge in [0.2, 0.25) is 5.76 Å². The van der Waals surface area contributed by atoms with E-state index in [1.807, 2.05) is 12.1 Å². The molecule has 2 aliphatic heterocycles. The highest BCUT2D eigenvalue weighted by atomic mass is 35.5. The van der Waals surface area contributed by atoms with E-state index in [-0.39, 0.29) is 17.1 Å². The molecule has 1 atom stereocenters. The van der Waals surface area contributed by atoms with Gasteiger partial charge in [-0.1, -0.05) is 35.3 Å². The maximum Gasteiger partial charge on any atom is 0.290 e. The summed E-state index contributed by atoms with van der Waals surface area (Å²) in [5, 5.41) is 1.35. The van der Waals surface area contributed by atoms with Crippen molar-refractivity contribution in [1.29, 1.82) is 0 Å². The molecule has 0 unspecified atom stereocenters. The van der Waals surface area contributed by atoms with E-state index in [0.717, 1.165) is 44.8 Å². The Labute approximate surface area is 195 Å². The van der Waals surface area contributed by atoms with Gasteiger partial charge in [0.1, 0.15) is 5.58 Å². The van der Waals surface area contributed by atoms with Gasteiger partial charge < -0.3 is 14.1 Å². The molecule has 0 saturated carbocycles. The quantitative estimate of drug-likeness (QED) is 0.551. The highest BCUT2D eigenvalue weighted by Gasteiger charge is 2.42. The van der Waals surface area contributed by atoms with Gasteiger partial charge in [0.05, 0.1) is 30.2 Å². The number of carbonyl (C=O) groups excluding carboxylic acids is 1. The molecule has 0 spiro atoms. The summed E-state index contributed by atoms with van der Waals surface area (Å²) in [7, 11) is 0. The Bertz CT molecular complexity index is 1240. The molecule has 32 heavy (non-hydrogen) atoms. The normalized spacial score (nSPS) is 19.0. The summed E-state index contributed by atoms with van der Waals surface area (Å²) >= 11 is 12.4. The van der Waals surface area contributed by atoms with Gasteiger partial charge in [0, 0.05) is 36.2 Å². The molecule has 0 bridgehead atoms. The highest BCUT2D eigenvalue weighted by Crippen LogP contribution is 2.39. The lowest BCUT2D eigenvalue weighted by atomic mass is 9.98. The topological polar surface area (TPSA) is 63.0 Å². The summed E-state index contributed by atoms with van der Waals surface area (Å²) in [6, 6.07) is 11.6. The number of ether oxygens (including phenoxy) is 1. The molecule has 166 valence electrons. The first kappa shape index (κ1) is 21.5. The molecule has 6 nitrogen and oxygen atoms in total. The van der Waals surface area contributed by atoms with Crippen LogP contribution in [0.2, 0.25) is 10.0 Å². The van der Waals surface area contributed by atoms with Crippen LogP contribution in [0.4, 0.5) is 0 Å². The van der Waals surface area contributed by atoms with Crippen LogP contribution in [0.15, 0.2) is 51.7 Å².